The van der Waals surface area contributed by atoms with Gasteiger partial charge in [0.1, 0.15) is 6.07 Å². The van der Waals surface area contributed by atoms with Crippen LogP contribution < -0.4 is 4.90 Å². The van der Waals surface area contributed by atoms with Gasteiger partial charge < -0.3 is 4.90 Å². The molecule has 2 aromatic carbocycles. The molecule has 2 atom stereocenters. The van der Waals surface area contributed by atoms with Crippen LogP contribution in [0.4, 0.5) is 5.69 Å². The van der Waals surface area contributed by atoms with Gasteiger partial charge in [-0.1, -0.05) is 30.3 Å². The maximum Gasteiger partial charge on any atom is 0.101 e. The fourth-order valence-corrected chi connectivity index (χ4v) is 4.07. The molecule has 136 valence electrons. The van der Waals surface area contributed by atoms with Crippen molar-refractivity contribution in [3.63, 3.8) is 0 Å². The summed E-state index contributed by atoms with van der Waals surface area (Å²) in [6.07, 6.45) is 1.76. The van der Waals surface area contributed by atoms with E-state index in [2.05, 4.69) is 77.2 Å². The summed E-state index contributed by atoms with van der Waals surface area (Å²) < 4.78 is 0. The first-order chi connectivity index (χ1) is 13.2. The number of aromatic nitrogens is 1. The van der Waals surface area contributed by atoms with Gasteiger partial charge in [-0.2, -0.15) is 5.26 Å². The summed E-state index contributed by atoms with van der Waals surface area (Å²) >= 11 is 0. The standard InChI is InChI=1S/C23H24N4/c1-17-15-27(18(2)14-26(17)16-19-7-4-3-5-8-19)22-11-10-20(13-24)23-21(22)9-6-12-25-23/h3-12,17-18H,14-16H2,1-2H3. The van der Waals surface area contributed by atoms with Crippen LogP contribution in [0.5, 0.6) is 0 Å². The summed E-state index contributed by atoms with van der Waals surface area (Å²) in [5.74, 6) is 0. The highest BCUT2D eigenvalue weighted by Gasteiger charge is 2.30. The maximum atomic E-state index is 9.40. The van der Waals surface area contributed by atoms with E-state index in [0.717, 1.165) is 30.5 Å². The number of piperazine rings is 1. The van der Waals surface area contributed by atoms with E-state index in [9.17, 15) is 5.26 Å². The van der Waals surface area contributed by atoms with E-state index in [4.69, 9.17) is 0 Å². The highest BCUT2D eigenvalue weighted by molar-refractivity contribution is 5.95. The van der Waals surface area contributed by atoms with Gasteiger partial charge in [0, 0.05) is 49.0 Å². The average Bonchev–Trinajstić information content (AvgIpc) is 2.70. The highest BCUT2D eigenvalue weighted by Crippen LogP contribution is 2.32. The summed E-state index contributed by atoms with van der Waals surface area (Å²) in [6, 6.07) is 21.8. The third-order valence-corrected chi connectivity index (χ3v) is 5.52. The van der Waals surface area contributed by atoms with Gasteiger partial charge in [0.15, 0.2) is 0 Å². The Bertz CT molecular complexity index is 977. The number of anilines is 1. The second kappa shape index (κ2) is 7.38. The monoisotopic (exact) mass is 356 g/mol. The predicted molar refractivity (Wildman–Crippen MR) is 110 cm³/mol. The zero-order valence-electron chi connectivity index (χ0n) is 15.8. The lowest BCUT2D eigenvalue weighted by molar-refractivity contribution is 0.158. The number of nitrogens with zero attached hydrogens (tertiary/aromatic N) is 4. The van der Waals surface area contributed by atoms with Crippen LogP contribution in [0.2, 0.25) is 0 Å². The van der Waals surface area contributed by atoms with Crippen molar-refractivity contribution in [1.82, 2.24) is 9.88 Å². The molecule has 1 aromatic heterocycles. The smallest absolute Gasteiger partial charge is 0.101 e. The third kappa shape index (κ3) is 3.39. The molecule has 1 fully saturated rings. The van der Waals surface area contributed by atoms with Crippen molar-refractivity contribution >= 4 is 16.6 Å². The number of nitriles is 1. The first-order valence-electron chi connectivity index (χ1n) is 9.50. The van der Waals surface area contributed by atoms with E-state index in [-0.39, 0.29) is 0 Å². The topological polar surface area (TPSA) is 43.2 Å². The van der Waals surface area contributed by atoms with E-state index >= 15 is 0 Å². The first kappa shape index (κ1) is 17.5. The highest BCUT2D eigenvalue weighted by atomic mass is 15.3. The number of pyridine rings is 1. The molecule has 0 aliphatic carbocycles. The molecular formula is C23H24N4. The van der Waals surface area contributed by atoms with Crippen LogP contribution in [-0.2, 0) is 6.54 Å². The molecule has 0 N–H and O–H groups in total. The molecular weight excluding hydrogens is 332 g/mol. The van der Waals surface area contributed by atoms with E-state index in [1.807, 2.05) is 12.1 Å². The first-order valence-corrected chi connectivity index (χ1v) is 9.50. The SMILES string of the molecule is CC1CN(c2ccc(C#N)c3ncccc23)C(C)CN1Cc1ccccc1. The molecule has 0 radical (unpaired) electrons. The number of benzene rings is 2. The van der Waals surface area contributed by atoms with Crippen LogP contribution >= 0.6 is 0 Å². The molecule has 1 aliphatic rings. The molecule has 0 saturated carbocycles. The molecule has 0 spiro atoms. The lowest BCUT2D eigenvalue weighted by Crippen LogP contribution is -2.56. The van der Waals surface area contributed by atoms with Crippen LogP contribution in [0, 0.1) is 11.3 Å². The van der Waals surface area contributed by atoms with Crippen molar-refractivity contribution in [2.75, 3.05) is 18.0 Å². The Balaban J connectivity index is 1.62. The summed E-state index contributed by atoms with van der Waals surface area (Å²) in [5, 5.41) is 10.5. The molecule has 2 heterocycles. The molecule has 4 rings (SSSR count). The Hall–Kier alpha value is -2.90. The van der Waals surface area contributed by atoms with E-state index in [1.165, 1.54) is 11.3 Å². The molecule has 4 nitrogen and oxygen atoms in total. The van der Waals surface area contributed by atoms with Gasteiger partial charge in [-0.25, -0.2) is 0 Å². The normalized spacial score (nSPS) is 20.6. The van der Waals surface area contributed by atoms with E-state index < -0.39 is 0 Å². The Morgan fingerprint density at radius 3 is 2.59 bits per heavy atom. The minimum Gasteiger partial charge on any atom is -0.365 e. The Morgan fingerprint density at radius 1 is 1.00 bits per heavy atom. The van der Waals surface area contributed by atoms with Gasteiger partial charge >= 0.3 is 0 Å². The third-order valence-electron chi connectivity index (χ3n) is 5.52. The minimum atomic E-state index is 0.390. The average molecular weight is 356 g/mol. The van der Waals surface area contributed by atoms with Crippen LogP contribution in [0.3, 0.4) is 0 Å². The zero-order valence-corrected chi connectivity index (χ0v) is 15.8. The van der Waals surface area contributed by atoms with Crippen LogP contribution in [0.25, 0.3) is 10.9 Å². The largest absolute Gasteiger partial charge is 0.365 e. The van der Waals surface area contributed by atoms with E-state index in [1.54, 1.807) is 6.20 Å². The molecule has 1 saturated heterocycles. The fourth-order valence-electron chi connectivity index (χ4n) is 4.07. The molecule has 1 aliphatic heterocycles. The van der Waals surface area contributed by atoms with Gasteiger partial charge in [-0.3, -0.25) is 9.88 Å². The van der Waals surface area contributed by atoms with Gasteiger partial charge in [-0.05, 0) is 43.7 Å². The van der Waals surface area contributed by atoms with Gasteiger partial charge in [-0.15, -0.1) is 0 Å². The summed E-state index contributed by atoms with van der Waals surface area (Å²) in [6.45, 7) is 7.54. The minimum absolute atomic E-state index is 0.390. The molecule has 3 aromatic rings. The molecule has 4 heteroatoms. The van der Waals surface area contributed by atoms with Crippen molar-refractivity contribution in [2.24, 2.45) is 0 Å². The zero-order chi connectivity index (χ0) is 18.8. The number of rotatable bonds is 3. The van der Waals surface area contributed by atoms with E-state index in [0.29, 0.717) is 17.6 Å². The lowest BCUT2D eigenvalue weighted by Gasteiger charge is -2.45. The Labute approximate surface area is 160 Å². The molecule has 0 bridgehead atoms. The fraction of sp³-hybridized carbons (Fsp3) is 0.304. The van der Waals surface area contributed by atoms with Gasteiger partial charge in [0.25, 0.3) is 0 Å². The van der Waals surface area contributed by atoms with Crippen molar-refractivity contribution in [3.8, 4) is 6.07 Å². The summed E-state index contributed by atoms with van der Waals surface area (Å²) in [7, 11) is 0. The summed E-state index contributed by atoms with van der Waals surface area (Å²) in [4.78, 5) is 9.49. The number of hydrogen-bond acceptors (Lipinski definition) is 4. The maximum absolute atomic E-state index is 9.40. The summed E-state index contributed by atoms with van der Waals surface area (Å²) in [5.41, 5.74) is 3.97. The lowest BCUT2D eigenvalue weighted by atomic mass is 10.0. The number of fused-ring (bicyclic) bond motifs is 1. The van der Waals surface area contributed by atoms with Crippen molar-refractivity contribution in [2.45, 2.75) is 32.5 Å². The van der Waals surface area contributed by atoms with Crippen LogP contribution in [0.1, 0.15) is 25.0 Å². The second-order valence-corrected chi connectivity index (χ2v) is 7.41. The van der Waals surface area contributed by atoms with Crippen LogP contribution in [0.15, 0.2) is 60.8 Å². The van der Waals surface area contributed by atoms with Crippen LogP contribution in [-0.4, -0.2) is 35.1 Å². The molecule has 2 unspecified atom stereocenters. The predicted octanol–water partition coefficient (Wildman–Crippen LogP) is 4.21. The molecule has 27 heavy (non-hydrogen) atoms. The molecule has 0 amide bonds. The van der Waals surface area contributed by atoms with Gasteiger partial charge in [0.2, 0.25) is 0 Å². The van der Waals surface area contributed by atoms with Crippen molar-refractivity contribution < 1.29 is 0 Å². The van der Waals surface area contributed by atoms with Crippen molar-refractivity contribution in [1.29, 1.82) is 5.26 Å². The Kier molecular flexibility index (Phi) is 4.79. The Morgan fingerprint density at radius 2 is 1.81 bits per heavy atom. The van der Waals surface area contributed by atoms with Gasteiger partial charge in [0.05, 0.1) is 11.1 Å². The number of hydrogen-bond donors (Lipinski definition) is 0. The van der Waals surface area contributed by atoms with Crippen molar-refractivity contribution in [3.05, 3.63) is 71.9 Å². The quantitative estimate of drug-likeness (QED) is 0.705. The second-order valence-electron chi connectivity index (χ2n) is 7.41.